The van der Waals surface area contributed by atoms with Crippen LogP contribution in [0.15, 0.2) is 41.3 Å². The minimum absolute atomic E-state index is 0.131. The number of hydrogen-bond acceptors (Lipinski definition) is 3. The normalized spacial score (nSPS) is 10.5. The zero-order valence-corrected chi connectivity index (χ0v) is 11.0. The Bertz CT molecular complexity index is 605. The van der Waals surface area contributed by atoms with Gasteiger partial charge in [-0.05, 0) is 24.1 Å². The summed E-state index contributed by atoms with van der Waals surface area (Å²) in [6.07, 6.45) is 2.31. The highest BCUT2D eigenvalue weighted by Gasteiger charge is 2.02. The van der Waals surface area contributed by atoms with Gasteiger partial charge in [0.25, 0.3) is 5.56 Å². The summed E-state index contributed by atoms with van der Waals surface area (Å²) in [6, 6.07) is 7.82. The van der Waals surface area contributed by atoms with Gasteiger partial charge in [0.2, 0.25) is 0 Å². The van der Waals surface area contributed by atoms with E-state index in [9.17, 15) is 9.18 Å². The Morgan fingerprint density at radius 1 is 1.26 bits per heavy atom. The van der Waals surface area contributed by atoms with Crippen LogP contribution in [-0.4, -0.2) is 23.9 Å². The Hall–Kier alpha value is -2.17. The molecule has 0 amide bonds. The Morgan fingerprint density at radius 3 is 2.53 bits per heavy atom. The molecule has 0 saturated carbocycles. The SMILES string of the molecule is CN(C)c1cnn(CCc2ccc(F)cc2)c(=O)c1. The molecule has 1 aromatic carbocycles. The first kappa shape index (κ1) is 13.3. The summed E-state index contributed by atoms with van der Waals surface area (Å²) in [7, 11) is 3.72. The fourth-order valence-electron chi connectivity index (χ4n) is 1.72. The van der Waals surface area contributed by atoms with Gasteiger partial charge < -0.3 is 4.90 Å². The zero-order chi connectivity index (χ0) is 13.8. The molecule has 2 aromatic rings. The van der Waals surface area contributed by atoms with Crippen molar-refractivity contribution < 1.29 is 4.39 Å². The minimum Gasteiger partial charge on any atom is -0.376 e. The maximum atomic E-state index is 12.8. The summed E-state index contributed by atoms with van der Waals surface area (Å²) in [4.78, 5) is 13.7. The number of rotatable bonds is 4. The summed E-state index contributed by atoms with van der Waals surface area (Å²) >= 11 is 0. The van der Waals surface area contributed by atoms with Crippen LogP contribution in [0.25, 0.3) is 0 Å². The lowest BCUT2D eigenvalue weighted by Gasteiger charge is -2.12. The molecule has 0 radical (unpaired) electrons. The smallest absolute Gasteiger partial charge is 0.268 e. The Kier molecular flexibility index (Phi) is 3.94. The fourth-order valence-corrected chi connectivity index (χ4v) is 1.72. The van der Waals surface area contributed by atoms with Crippen molar-refractivity contribution in [3.8, 4) is 0 Å². The molecule has 0 aliphatic rings. The molecular formula is C14H16FN3O. The Labute approximate surface area is 111 Å². The molecule has 0 aliphatic carbocycles. The van der Waals surface area contributed by atoms with Gasteiger partial charge in [-0.2, -0.15) is 5.10 Å². The fraction of sp³-hybridized carbons (Fsp3) is 0.286. The molecule has 0 saturated heterocycles. The maximum Gasteiger partial charge on any atom is 0.268 e. The topological polar surface area (TPSA) is 38.1 Å². The third-order valence-corrected chi connectivity index (χ3v) is 2.90. The van der Waals surface area contributed by atoms with E-state index in [0.717, 1.165) is 11.3 Å². The monoisotopic (exact) mass is 261 g/mol. The third-order valence-electron chi connectivity index (χ3n) is 2.90. The molecule has 19 heavy (non-hydrogen) atoms. The highest BCUT2D eigenvalue weighted by atomic mass is 19.1. The Morgan fingerprint density at radius 2 is 1.95 bits per heavy atom. The van der Waals surface area contributed by atoms with Gasteiger partial charge in [-0.15, -0.1) is 0 Å². The summed E-state index contributed by atoms with van der Waals surface area (Å²) in [6.45, 7) is 0.484. The first-order valence-corrected chi connectivity index (χ1v) is 6.05. The lowest BCUT2D eigenvalue weighted by molar-refractivity contribution is 0.576. The van der Waals surface area contributed by atoms with Crippen molar-refractivity contribution in [3.63, 3.8) is 0 Å². The average Bonchev–Trinajstić information content (AvgIpc) is 2.39. The largest absolute Gasteiger partial charge is 0.376 e. The first-order valence-electron chi connectivity index (χ1n) is 6.05. The van der Waals surface area contributed by atoms with Gasteiger partial charge in [0.05, 0.1) is 11.9 Å². The van der Waals surface area contributed by atoms with Crippen LogP contribution in [0, 0.1) is 5.82 Å². The number of nitrogens with zero attached hydrogens (tertiary/aromatic N) is 3. The van der Waals surface area contributed by atoms with Crippen molar-refractivity contribution in [2.24, 2.45) is 0 Å². The van der Waals surface area contributed by atoms with E-state index in [0.29, 0.717) is 13.0 Å². The van der Waals surface area contributed by atoms with Crippen LogP contribution in [0.2, 0.25) is 0 Å². The second kappa shape index (κ2) is 5.65. The highest BCUT2D eigenvalue weighted by molar-refractivity contribution is 5.40. The molecule has 0 atom stereocenters. The van der Waals surface area contributed by atoms with Crippen LogP contribution in [0.4, 0.5) is 10.1 Å². The third kappa shape index (κ3) is 3.40. The molecule has 1 heterocycles. The van der Waals surface area contributed by atoms with E-state index in [1.807, 2.05) is 19.0 Å². The van der Waals surface area contributed by atoms with Crippen molar-refractivity contribution >= 4 is 5.69 Å². The van der Waals surface area contributed by atoms with Crippen LogP contribution in [-0.2, 0) is 13.0 Å². The van der Waals surface area contributed by atoms with Gasteiger partial charge in [0.15, 0.2) is 0 Å². The summed E-state index contributed by atoms with van der Waals surface area (Å²) in [5.74, 6) is -0.255. The molecule has 5 heteroatoms. The molecule has 2 rings (SSSR count). The summed E-state index contributed by atoms with van der Waals surface area (Å²) in [5.41, 5.74) is 1.63. The molecule has 0 N–H and O–H groups in total. The molecule has 0 bridgehead atoms. The van der Waals surface area contributed by atoms with Crippen molar-refractivity contribution in [3.05, 3.63) is 58.3 Å². The van der Waals surface area contributed by atoms with Crippen molar-refractivity contribution in [1.29, 1.82) is 0 Å². The maximum absolute atomic E-state index is 12.8. The number of benzene rings is 1. The van der Waals surface area contributed by atoms with E-state index >= 15 is 0 Å². The lowest BCUT2D eigenvalue weighted by Crippen LogP contribution is -2.25. The van der Waals surface area contributed by atoms with Crippen LogP contribution < -0.4 is 10.5 Å². The van der Waals surface area contributed by atoms with Gasteiger partial charge in [0, 0.05) is 26.7 Å². The van der Waals surface area contributed by atoms with Gasteiger partial charge in [-0.3, -0.25) is 4.79 Å². The van der Waals surface area contributed by atoms with Gasteiger partial charge in [0.1, 0.15) is 5.82 Å². The number of hydrogen-bond donors (Lipinski definition) is 0. The molecule has 0 unspecified atom stereocenters. The number of aromatic nitrogens is 2. The van der Waals surface area contributed by atoms with Crippen molar-refractivity contribution in [2.75, 3.05) is 19.0 Å². The van der Waals surface area contributed by atoms with Crippen LogP contribution >= 0.6 is 0 Å². The van der Waals surface area contributed by atoms with Gasteiger partial charge in [-0.1, -0.05) is 12.1 Å². The molecule has 0 spiro atoms. The summed E-state index contributed by atoms with van der Waals surface area (Å²) in [5, 5.41) is 4.12. The predicted octanol–water partition coefficient (Wildman–Crippen LogP) is 1.69. The Balaban J connectivity index is 2.07. The quantitative estimate of drug-likeness (QED) is 0.840. The number of aryl methyl sites for hydroxylation is 2. The number of anilines is 1. The number of halogens is 1. The van der Waals surface area contributed by atoms with Gasteiger partial charge >= 0.3 is 0 Å². The first-order chi connectivity index (χ1) is 9.06. The van der Waals surface area contributed by atoms with Crippen molar-refractivity contribution in [1.82, 2.24) is 9.78 Å². The highest BCUT2D eigenvalue weighted by Crippen LogP contribution is 2.06. The van der Waals surface area contributed by atoms with E-state index in [-0.39, 0.29) is 11.4 Å². The predicted molar refractivity (Wildman–Crippen MR) is 72.9 cm³/mol. The molecule has 0 aliphatic heterocycles. The van der Waals surface area contributed by atoms with Crippen LogP contribution in [0.3, 0.4) is 0 Å². The molecule has 4 nitrogen and oxygen atoms in total. The van der Waals surface area contributed by atoms with Crippen molar-refractivity contribution in [2.45, 2.75) is 13.0 Å². The lowest BCUT2D eigenvalue weighted by atomic mass is 10.1. The molecule has 1 aromatic heterocycles. The van der Waals surface area contributed by atoms with E-state index in [4.69, 9.17) is 0 Å². The minimum atomic E-state index is -0.255. The van der Waals surface area contributed by atoms with E-state index in [1.54, 1.807) is 24.4 Å². The second-order valence-electron chi connectivity index (χ2n) is 4.55. The second-order valence-corrected chi connectivity index (χ2v) is 4.55. The molecule has 0 fully saturated rings. The summed E-state index contributed by atoms with van der Waals surface area (Å²) < 4.78 is 14.2. The van der Waals surface area contributed by atoms with E-state index in [1.165, 1.54) is 16.8 Å². The average molecular weight is 261 g/mol. The van der Waals surface area contributed by atoms with Gasteiger partial charge in [-0.25, -0.2) is 9.07 Å². The molecule has 100 valence electrons. The molecular weight excluding hydrogens is 245 g/mol. The van der Waals surface area contributed by atoms with E-state index < -0.39 is 0 Å². The zero-order valence-electron chi connectivity index (χ0n) is 11.0. The van der Waals surface area contributed by atoms with Crippen LogP contribution in [0.5, 0.6) is 0 Å². The standard InChI is InChI=1S/C14H16FN3O/c1-17(2)13-9-14(19)18(16-10-13)8-7-11-3-5-12(15)6-4-11/h3-6,9-10H,7-8H2,1-2H3. The van der Waals surface area contributed by atoms with E-state index in [2.05, 4.69) is 5.10 Å². The van der Waals surface area contributed by atoms with Crippen LogP contribution in [0.1, 0.15) is 5.56 Å².